The first-order valence-electron chi connectivity index (χ1n) is 8.04. The molecule has 1 unspecified atom stereocenters. The Hall–Kier alpha value is -1.94. The molecule has 4 heterocycles. The van der Waals surface area contributed by atoms with Crippen LogP contribution < -0.4 is 10.5 Å². The number of rotatable bonds is 2. The highest BCUT2D eigenvalue weighted by Crippen LogP contribution is 2.20. The minimum Gasteiger partial charge on any atom is -0.340 e. The van der Waals surface area contributed by atoms with E-state index in [1.165, 1.54) is 6.20 Å². The molecule has 2 fully saturated rings. The fraction of sp³-hybridized carbons (Fsp3) is 0.643. The molecule has 24 heavy (non-hydrogen) atoms. The first-order valence-corrected chi connectivity index (χ1v) is 9.86. The van der Waals surface area contributed by atoms with Crippen molar-refractivity contribution in [2.24, 2.45) is 7.05 Å². The van der Waals surface area contributed by atoms with Crippen LogP contribution in [0.4, 0.5) is 5.95 Å². The summed E-state index contributed by atoms with van der Waals surface area (Å²) >= 11 is 0. The molecule has 2 aromatic rings. The molecule has 10 heteroatoms. The number of H-pyrrole nitrogens is 1. The van der Waals surface area contributed by atoms with Crippen molar-refractivity contribution >= 4 is 26.8 Å². The Labute approximate surface area is 139 Å². The number of aryl methyl sites for hydroxylation is 1. The van der Waals surface area contributed by atoms with Gasteiger partial charge in [0.15, 0.2) is 15.5 Å². The van der Waals surface area contributed by atoms with E-state index in [9.17, 15) is 13.2 Å². The lowest BCUT2D eigenvalue weighted by atomic mass is 10.2. The Morgan fingerprint density at radius 3 is 2.67 bits per heavy atom. The van der Waals surface area contributed by atoms with E-state index in [2.05, 4.69) is 20.0 Å². The van der Waals surface area contributed by atoms with Crippen molar-refractivity contribution in [3.63, 3.8) is 0 Å². The van der Waals surface area contributed by atoms with E-state index in [0.717, 1.165) is 19.5 Å². The van der Waals surface area contributed by atoms with E-state index >= 15 is 0 Å². The number of aromatic nitrogens is 4. The molecule has 0 aliphatic carbocycles. The summed E-state index contributed by atoms with van der Waals surface area (Å²) in [6.07, 6.45) is 2.24. The molecule has 0 radical (unpaired) electrons. The van der Waals surface area contributed by atoms with Crippen LogP contribution in [0.5, 0.6) is 0 Å². The molecule has 0 bridgehead atoms. The van der Waals surface area contributed by atoms with Crippen molar-refractivity contribution < 1.29 is 8.42 Å². The molecule has 0 spiro atoms. The van der Waals surface area contributed by atoms with Crippen LogP contribution in [0.25, 0.3) is 11.0 Å². The number of hydrogen-bond acceptors (Lipinski definition) is 7. The maximum Gasteiger partial charge on any atom is 0.263 e. The second-order valence-electron chi connectivity index (χ2n) is 6.47. The maximum absolute atomic E-state index is 12.1. The fourth-order valence-electron chi connectivity index (χ4n) is 3.53. The number of nitrogens with zero attached hydrogens (tertiary/aromatic N) is 5. The monoisotopic (exact) mass is 352 g/mol. The average Bonchev–Trinajstić information content (AvgIpc) is 3.11. The van der Waals surface area contributed by atoms with E-state index in [1.54, 1.807) is 11.7 Å². The molecule has 9 nitrogen and oxygen atoms in total. The predicted octanol–water partition coefficient (Wildman–Crippen LogP) is -1.03. The highest BCUT2D eigenvalue weighted by molar-refractivity contribution is 7.91. The van der Waals surface area contributed by atoms with Crippen molar-refractivity contribution in [3.05, 3.63) is 16.6 Å². The van der Waals surface area contributed by atoms with Crippen LogP contribution in [0.3, 0.4) is 0 Å². The summed E-state index contributed by atoms with van der Waals surface area (Å²) in [6.45, 7) is 2.96. The molecule has 2 aliphatic heterocycles. The van der Waals surface area contributed by atoms with Crippen LogP contribution >= 0.6 is 0 Å². The summed E-state index contributed by atoms with van der Waals surface area (Å²) in [5, 5.41) is 4.55. The van der Waals surface area contributed by atoms with E-state index in [1.807, 2.05) is 4.90 Å². The summed E-state index contributed by atoms with van der Waals surface area (Å²) in [5.74, 6) is 1.11. The molecule has 0 saturated carbocycles. The molecule has 1 atom stereocenters. The van der Waals surface area contributed by atoms with Crippen LogP contribution in [0.2, 0.25) is 0 Å². The number of sulfone groups is 1. The van der Waals surface area contributed by atoms with Gasteiger partial charge in [-0.3, -0.25) is 19.4 Å². The number of aromatic amines is 1. The second-order valence-corrected chi connectivity index (χ2v) is 8.70. The van der Waals surface area contributed by atoms with Gasteiger partial charge in [0.25, 0.3) is 5.56 Å². The molecule has 2 saturated heterocycles. The highest BCUT2D eigenvalue weighted by Gasteiger charge is 2.34. The third-order valence-corrected chi connectivity index (χ3v) is 6.68. The van der Waals surface area contributed by atoms with Crippen LogP contribution in [-0.2, 0) is 16.9 Å². The van der Waals surface area contributed by atoms with Gasteiger partial charge in [0.2, 0.25) is 5.95 Å². The molecule has 2 aromatic heterocycles. The first-order chi connectivity index (χ1) is 11.4. The number of fused-ring (bicyclic) bond motifs is 1. The number of piperazine rings is 1. The topological polar surface area (TPSA) is 104 Å². The van der Waals surface area contributed by atoms with Gasteiger partial charge in [-0.15, -0.1) is 0 Å². The van der Waals surface area contributed by atoms with Gasteiger partial charge in [-0.05, 0) is 6.42 Å². The summed E-state index contributed by atoms with van der Waals surface area (Å²) in [7, 11) is -1.10. The van der Waals surface area contributed by atoms with Crippen molar-refractivity contribution in [2.45, 2.75) is 12.5 Å². The lowest BCUT2D eigenvalue weighted by Gasteiger charge is -2.37. The molecule has 1 N–H and O–H groups in total. The largest absolute Gasteiger partial charge is 0.340 e. The lowest BCUT2D eigenvalue weighted by molar-refractivity contribution is 0.200. The molecule has 0 amide bonds. The minimum absolute atomic E-state index is 0.128. The van der Waals surface area contributed by atoms with E-state index in [0.29, 0.717) is 35.8 Å². The highest BCUT2D eigenvalue weighted by atomic mass is 32.2. The molecule has 2 aliphatic rings. The molecular weight excluding hydrogens is 332 g/mol. The summed E-state index contributed by atoms with van der Waals surface area (Å²) in [6, 6.07) is 0.128. The number of nitrogens with one attached hydrogen (secondary N) is 1. The van der Waals surface area contributed by atoms with Gasteiger partial charge < -0.3 is 4.90 Å². The van der Waals surface area contributed by atoms with Gasteiger partial charge in [0, 0.05) is 39.3 Å². The Bertz CT molecular complexity index is 926. The zero-order valence-corrected chi connectivity index (χ0v) is 14.3. The standard InChI is InChI=1S/C14H20N6O3S/c1-18-12-11(8-15-18)13(21)17-14(16-12)20-5-3-19(4-6-20)10-2-7-24(22,23)9-10/h8,10H,2-7,9H2,1H3,(H,16,17,21). The maximum atomic E-state index is 12.1. The molecular formula is C14H20N6O3S. The van der Waals surface area contributed by atoms with E-state index in [4.69, 9.17) is 0 Å². The van der Waals surface area contributed by atoms with Crippen molar-refractivity contribution in [2.75, 3.05) is 42.6 Å². The quantitative estimate of drug-likeness (QED) is 0.736. The molecule has 4 rings (SSSR count). The number of hydrogen-bond donors (Lipinski definition) is 1. The summed E-state index contributed by atoms with van der Waals surface area (Å²) in [5.41, 5.74) is 0.380. The predicted molar refractivity (Wildman–Crippen MR) is 90.0 cm³/mol. The Morgan fingerprint density at radius 1 is 1.25 bits per heavy atom. The SMILES string of the molecule is Cn1ncc2c(=O)[nH]c(N3CCN(C4CCS(=O)(=O)C4)CC3)nc21. The zero-order chi connectivity index (χ0) is 16.9. The number of anilines is 1. The smallest absolute Gasteiger partial charge is 0.263 e. The fourth-order valence-corrected chi connectivity index (χ4v) is 5.29. The third kappa shape index (κ3) is 2.69. The lowest BCUT2D eigenvalue weighted by Crippen LogP contribution is -2.51. The van der Waals surface area contributed by atoms with E-state index in [-0.39, 0.29) is 17.4 Å². The Morgan fingerprint density at radius 2 is 2.00 bits per heavy atom. The van der Waals surface area contributed by atoms with Crippen LogP contribution in [0, 0.1) is 0 Å². The second kappa shape index (κ2) is 5.55. The van der Waals surface area contributed by atoms with Gasteiger partial charge in [0.1, 0.15) is 5.39 Å². The van der Waals surface area contributed by atoms with Crippen molar-refractivity contribution in [3.8, 4) is 0 Å². The van der Waals surface area contributed by atoms with Crippen molar-refractivity contribution in [1.29, 1.82) is 0 Å². The Balaban J connectivity index is 1.50. The molecule has 0 aromatic carbocycles. The minimum atomic E-state index is -2.86. The van der Waals surface area contributed by atoms with Crippen LogP contribution in [0.1, 0.15) is 6.42 Å². The van der Waals surface area contributed by atoms with Gasteiger partial charge in [-0.2, -0.15) is 10.1 Å². The third-order valence-electron chi connectivity index (χ3n) is 4.93. The summed E-state index contributed by atoms with van der Waals surface area (Å²) < 4.78 is 24.9. The normalized spacial score (nSPS) is 24.7. The first kappa shape index (κ1) is 15.6. The van der Waals surface area contributed by atoms with Crippen LogP contribution in [-0.4, -0.2) is 76.8 Å². The summed E-state index contributed by atoms with van der Waals surface area (Å²) in [4.78, 5) is 23.8. The van der Waals surface area contributed by atoms with Gasteiger partial charge in [-0.1, -0.05) is 0 Å². The molecule has 130 valence electrons. The van der Waals surface area contributed by atoms with E-state index < -0.39 is 9.84 Å². The van der Waals surface area contributed by atoms with Crippen molar-refractivity contribution in [1.82, 2.24) is 24.6 Å². The van der Waals surface area contributed by atoms with Gasteiger partial charge in [-0.25, -0.2) is 8.42 Å². The zero-order valence-electron chi connectivity index (χ0n) is 13.5. The average molecular weight is 352 g/mol. The van der Waals surface area contributed by atoms with Gasteiger partial charge in [0.05, 0.1) is 17.7 Å². The van der Waals surface area contributed by atoms with Gasteiger partial charge >= 0.3 is 0 Å². The van der Waals surface area contributed by atoms with Crippen LogP contribution in [0.15, 0.2) is 11.0 Å². The Kier molecular flexibility index (Phi) is 3.61.